The lowest BCUT2D eigenvalue weighted by molar-refractivity contribution is 0.103. The van der Waals surface area contributed by atoms with Gasteiger partial charge in [0.1, 0.15) is 0 Å². The van der Waals surface area contributed by atoms with E-state index in [1.54, 1.807) is 28.9 Å². The molecular weight excluding hydrogens is 370 g/mol. The summed E-state index contributed by atoms with van der Waals surface area (Å²) in [6.45, 7) is 1.94. The fourth-order valence-electron chi connectivity index (χ4n) is 3.04. The molecule has 0 fully saturated rings. The van der Waals surface area contributed by atoms with Crippen LogP contribution in [0.5, 0.6) is 0 Å². The van der Waals surface area contributed by atoms with Gasteiger partial charge in [0, 0.05) is 16.3 Å². The fraction of sp³-hybridized carbons (Fsp3) is 0.0435. The van der Waals surface area contributed by atoms with Crippen LogP contribution in [-0.2, 0) is 0 Å². The maximum Gasteiger partial charge on any atom is 0.215 e. The highest BCUT2D eigenvalue weighted by Crippen LogP contribution is 2.29. The molecule has 0 aliphatic heterocycles. The Morgan fingerprint density at radius 1 is 0.893 bits per heavy atom. The molecule has 28 heavy (non-hydrogen) atoms. The van der Waals surface area contributed by atoms with Gasteiger partial charge < -0.3 is 5.32 Å². The zero-order chi connectivity index (χ0) is 19.5. The highest BCUT2D eigenvalue weighted by Gasteiger charge is 2.23. The standard InChI is InChI=1S/C23H18ClN3O/c1-16-21(25-19-10-6-3-7-11-19)22(23(28)17-8-4-2-5-9-17)26-27(16)20-14-12-18(24)13-15-20/h2-15,25H,1H3. The summed E-state index contributed by atoms with van der Waals surface area (Å²) >= 11 is 6.02. The summed E-state index contributed by atoms with van der Waals surface area (Å²) in [7, 11) is 0. The number of carbonyl (C=O) groups excluding carboxylic acids is 1. The molecule has 1 aromatic heterocycles. The van der Waals surface area contributed by atoms with Crippen LogP contribution in [0, 0.1) is 6.92 Å². The number of aromatic nitrogens is 2. The molecule has 0 bridgehead atoms. The molecule has 0 saturated heterocycles. The van der Waals surface area contributed by atoms with Gasteiger partial charge in [0.2, 0.25) is 5.78 Å². The monoisotopic (exact) mass is 387 g/mol. The van der Waals surface area contributed by atoms with Crippen LogP contribution in [-0.4, -0.2) is 15.6 Å². The van der Waals surface area contributed by atoms with Gasteiger partial charge in [-0.3, -0.25) is 4.79 Å². The summed E-state index contributed by atoms with van der Waals surface area (Å²) < 4.78 is 1.76. The van der Waals surface area contributed by atoms with Crippen molar-refractivity contribution < 1.29 is 4.79 Å². The molecule has 0 radical (unpaired) electrons. The van der Waals surface area contributed by atoms with Crippen molar-refractivity contribution >= 4 is 28.8 Å². The van der Waals surface area contributed by atoms with Crippen molar-refractivity contribution in [1.29, 1.82) is 0 Å². The smallest absolute Gasteiger partial charge is 0.215 e. The third-order valence-corrected chi connectivity index (χ3v) is 4.73. The number of rotatable bonds is 5. The SMILES string of the molecule is Cc1c(Nc2ccccc2)c(C(=O)c2ccccc2)nn1-c1ccc(Cl)cc1. The highest BCUT2D eigenvalue weighted by molar-refractivity contribution is 6.30. The van der Waals surface area contributed by atoms with Gasteiger partial charge in [-0.25, -0.2) is 4.68 Å². The molecule has 0 aliphatic carbocycles. The summed E-state index contributed by atoms with van der Waals surface area (Å²) in [6, 6.07) is 26.3. The molecule has 1 N–H and O–H groups in total. The predicted octanol–water partition coefficient (Wildman–Crippen LogP) is 5.81. The molecule has 0 spiro atoms. The second-order valence-electron chi connectivity index (χ2n) is 6.38. The maximum absolute atomic E-state index is 13.2. The number of benzene rings is 3. The van der Waals surface area contributed by atoms with Gasteiger partial charge in [0.05, 0.1) is 17.1 Å². The van der Waals surface area contributed by atoms with E-state index in [4.69, 9.17) is 11.6 Å². The number of ketones is 1. The topological polar surface area (TPSA) is 46.9 Å². The normalized spacial score (nSPS) is 10.6. The van der Waals surface area contributed by atoms with E-state index in [0.29, 0.717) is 22.0 Å². The number of nitrogens with one attached hydrogen (secondary N) is 1. The van der Waals surface area contributed by atoms with Crippen LogP contribution in [0.1, 0.15) is 21.7 Å². The van der Waals surface area contributed by atoms with Crippen molar-refractivity contribution in [3.8, 4) is 5.69 Å². The van der Waals surface area contributed by atoms with E-state index in [9.17, 15) is 4.79 Å². The van der Waals surface area contributed by atoms with Crippen LogP contribution in [0.3, 0.4) is 0 Å². The van der Waals surface area contributed by atoms with E-state index in [2.05, 4.69) is 10.4 Å². The number of carbonyl (C=O) groups is 1. The van der Waals surface area contributed by atoms with Gasteiger partial charge in [0.25, 0.3) is 0 Å². The zero-order valence-electron chi connectivity index (χ0n) is 15.3. The van der Waals surface area contributed by atoms with Crippen LogP contribution >= 0.6 is 11.6 Å². The predicted molar refractivity (Wildman–Crippen MR) is 113 cm³/mol. The molecule has 1 heterocycles. The Labute approximate surface area is 168 Å². The lowest BCUT2D eigenvalue weighted by Gasteiger charge is -2.08. The molecule has 5 heteroatoms. The number of nitrogens with zero attached hydrogens (tertiary/aromatic N) is 2. The molecule has 0 unspecified atom stereocenters. The van der Waals surface area contributed by atoms with Gasteiger partial charge in [-0.05, 0) is 43.3 Å². The third-order valence-electron chi connectivity index (χ3n) is 4.48. The number of anilines is 2. The van der Waals surface area contributed by atoms with Crippen LogP contribution in [0.15, 0.2) is 84.9 Å². The zero-order valence-corrected chi connectivity index (χ0v) is 16.0. The van der Waals surface area contributed by atoms with E-state index in [-0.39, 0.29) is 5.78 Å². The molecular formula is C23H18ClN3O. The maximum atomic E-state index is 13.2. The quantitative estimate of drug-likeness (QED) is 0.439. The van der Waals surface area contributed by atoms with Crippen molar-refractivity contribution in [2.45, 2.75) is 6.92 Å². The molecule has 4 aromatic rings. The van der Waals surface area contributed by atoms with Crippen LogP contribution in [0.4, 0.5) is 11.4 Å². The molecule has 4 nitrogen and oxygen atoms in total. The Morgan fingerprint density at radius 3 is 2.14 bits per heavy atom. The van der Waals surface area contributed by atoms with Gasteiger partial charge in [-0.1, -0.05) is 60.1 Å². The van der Waals surface area contributed by atoms with Gasteiger partial charge >= 0.3 is 0 Å². The number of para-hydroxylation sites is 1. The second kappa shape index (κ2) is 7.71. The molecule has 0 atom stereocenters. The van der Waals surface area contributed by atoms with E-state index in [1.165, 1.54) is 0 Å². The van der Waals surface area contributed by atoms with E-state index in [0.717, 1.165) is 17.1 Å². The third kappa shape index (κ3) is 3.55. The van der Waals surface area contributed by atoms with Crippen LogP contribution in [0.2, 0.25) is 5.02 Å². The van der Waals surface area contributed by atoms with E-state index < -0.39 is 0 Å². The minimum Gasteiger partial charge on any atom is -0.352 e. The Balaban J connectivity index is 1.84. The summed E-state index contributed by atoms with van der Waals surface area (Å²) in [4.78, 5) is 13.2. The number of hydrogen-bond donors (Lipinski definition) is 1. The first-order chi connectivity index (χ1) is 13.6. The minimum atomic E-state index is -0.130. The molecule has 0 saturated carbocycles. The van der Waals surface area contributed by atoms with Crippen molar-refractivity contribution in [2.75, 3.05) is 5.32 Å². The van der Waals surface area contributed by atoms with Gasteiger partial charge in [0.15, 0.2) is 5.69 Å². The Bertz CT molecular complexity index is 1100. The summed E-state index contributed by atoms with van der Waals surface area (Å²) in [6.07, 6.45) is 0. The first-order valence-electron chi connectivity index (χ1n) is 8.91. The average Bonchev–Trinajstić information content (AvgIpc) is 3.06. The fourth-order valence-corrected chi connectivity index (χ4v) is 3.16. The lowest BCUT2D eigenvalue weighted by Crippen LogP contribution is -2.06. The van der Waals surface area contributed by atoms with Crippen molar-refractivity contribution in [1.82, 2.24) is 9.78 Å². The Hall–Kier alpha value is -3.37. The van der Waals surface area contributed by atoms with Crippen molar-refractivity contribution in [3.63, 3.8) is 0 Å². The Kier molecular flexibility index (Phi) is 4.96. The van der Waals surface area contributed by atoms with E-state index >= 15 is 0 Å². The van der Waals surface area contributed by atoms with Crippen LogP contribution < -0.4 is 5.32 Å². The lowest BCUT2D eigenvalue weighted by atomic mass is 10.1. The average molecular weight is 388 g/mol. The first-order valence-corrected chi connectivity index (χ1v) is 9.28. The van der Waals surface area contributed by atoms with Gasteiger partial charge in [-0.15, -0.1) is 0 Å². The molecule has 3 aromatic carbocycles. The minimum absolute atomic E-state index is 0.130. The Morgan fingerprint density at radius 2 is 1.50 bits per heavy atom. The molecule has 4 rings (SSSR count). The molecule has 0 aliphatic rings. The van der Waals surface area contributed by atoms with Crippen molar-refractivity contribution in [3.05, 3.63) is 107 Å². The van der Waals surface area contributed by atoms with Crippen LogP contribution in [0.25, 0.3) is 5.69 Å². The number of hydrogen-bond acceptors (Lipinski definition) is 3. The highest BCUT2D eigenvalue weighted by atomic mass is 35.5. The summed E-state index contributed by atoms with van der Waals surface area (Å²) in [5, 5.41) is 8.66. The number of halogens is 1. The summed E-state index contributed by atoms with van der Waals surface area (Å²) in [5.74, 6) is -0.130. The first kappa shape index (κ1) is 18.0. The molecule has 138 valence electrons. The van der Waals surface area contributed by atoms with E-state index in [1.807, 2.05) is 67.6 Å². The molecule has 0 amide bonds. The van der Waals surface area contributed by atoms with Crippen molar-refractivity contribution in [2.24, 2.45) is 0 Å². The van der Waals surface area contributed by atoms with Gasteiger partial charge in [-0.2, -0.15) is 5.10 Å². The summed E-state index contributed by atoms with van der Waals surface area (Å²) in [5.41, 5.74) is 4.23. The largest absolute Gasteiger partial charge is 0.352 e. The second-order valence-corrected chi connectivity index (χ2v) is 6.82.